The Morgan fingerprint density at radius 1 is 1.50 bits per heavy atom. The Morgan fingerprint density at radius 2 is 2.36 bits per heavy atom. The van der Waals surface area contributed by atoms with Crippen molar-refractivity contribution in [3.63, 3.8) is 0 Å². The van der Waals surface area contributed by atoms with Gasteiger partial charge in [0.15, 0.2) is 0 Å². The third kappa shape index (κ3) is 1.48. The van der Waals surface area contributed by atoms with Gasteiger partial charge in [-0.3, -0.25) is 0 Å². The molecule has 2 heterocycles. The van der Waals surface area contributed by atoms with Crippen LogP contribution < -0.4 is 0 Å². The molecule has 0 radical (unpaired) electrons. The molecule has 0 aliphatic carbocycles. The second-order valence-corrected chi connectivity index (χ2v) is 2.97. The molecule has 0 saturated heterocycles. The highest BCUT2D eigenvalue weighted by atomic mass is 15.3. The first kappa shape index (κ1) is 8.45. The van der Waals surface area contributed by atoms with E-state index in [0.29, 0.717) is 5.69 Å². The summed E-state index contributed by atoms with van der Waals surface area (Å²) < 4.78 is 1.72. The molecule has 2 rings (SSSR count). The molecule has 2 aromatic heterocycles. The molecule has 14 heavy (non-hydrogen) atoms. The molecule has 0 saturated carbocycles. The van der Waals surface area contributed by atoms with Crippen molar-refractivity contribution in [3.8, 4) is 11.8 Å². The Morgan fingerprint density at radius 3 is 3.00 bits per heavy atom. The minimum absolute atomic E-state index is 0.399. The average molecular weight is 184 g/mol. The molecule has 0 fully saturated rings. The maximum atomic E-state index is 8.67. The van der Waals surface area contributed by atoms with Gasteiger partial charge < -0.3 is 0 Å². The molecule has 0 atom stereocenters. The van der Waals surface area contributed by atoms with Gasteiger partial charge in [0, 0.05) is 18.5 Å². The Hall–Kier alpha value is -2.15. The zero-order valence-corrected chi connectivity index (χ0v) is 7.68. The van der Waals surface area contributed by atoms with E-state index in [1.54, 1.807) is 23.1 Å². The van der Waals surface area contributed by atoms with Gasteiger partial charge in [0.05, 0.1) is 11.9 Å². The summed E-state index contributed by atoms with van der Waals surface area (Å²) in [6.45, 7) is 1.97. The van der Waals surface area contributed by atoms with Crippen molar-refractivity contribution < 1.29 is 0 Å². The molecule has 0 unspecified atom stereocenters. The van der Waals surface area contributed by atoms with Crippen molar-refractivity contribution >= 4 is 0 Å². The Kier molecular flexibility index (Phi) is 1.99. The monoisotopic (exact) mass is 184 g/mol. The van der Waals surface area contributed by atoms with E-state index in [9.17, 15) is 0 Å². The van der Waals surface area contributed by atoms with Crippen LogP contribution in [0.25, 0.3) is 5.69 Å². The number of hydrogen-bond donors (Lipinski definition) is 0. The quantitative estimate of drug-likeness (QED) is 0.674. The van der Waals surface area contributed by atoms with E-state index in [2.05, 4.69) is 10.1 Å². The minimum atomic E-state index is 0.399. The summed E-state index contributed by atoms with van der Waals surface area (Å²) in [6.07, 6.45) is 5.27. The van der Waals surface area contributed by atoms with Gasteiger partial charge in [-0.05, 0) is 18.6 Å². The maximum Gasteiger partial charge on any atom is 0.142 e. The van der Waals surface area contributed by atoms with Crippen LogP contribution in [0.5, 0.6) is 0 Å². The van der Waals surface area contributed by atoms with Crippen LogP contribution in [-0.4, -0.2) is 14.8 Å². The SMILES string of the molecule is Cc1cnn(-c2ccnc(C#N)c2)c1. The van der Waals surface area contributed by atoms with Gasteiger partial charge in [0.1, 0.15) is 11.8 Å². The third-order valence-corrected chi connectivity index (χ3v) is 1.83. The lowest BCUT2D eigenvalue weighted by atomic mass is 10.3. The summed E-state index contributed by atoms with van der Waals surface area (Å²) in [4.78, 5) is 3.89. The molecule has 0 bridgehead atoms. The lowest BCUT2D eigenvalue weighted by Crippen LogP contribution is -1.95. The molecule has 0 aliphatic heterocycles. The number of nitriles is 1. The summed E-state index contributed by atoms with van der Waals surface area (Å²) >= 11 is 0. The first-order chi connectivity index (χ1) is 6.79. The van der Waals surface area contributed by atoms with Gasteiger partial charge in [-0.15, -0.1) is 0 Å². The number of hydrogen-bond acceptors (Lipinski definition) is 3. The van der Waals surface area contributed by atoms with Crippen molar-refractivity contribution in [3.05, 3.63) is 42.0 Å². The number of aromatic nitrogens is 3. The zero-order chi connectivity index (χ0) is 9.97. The van der Waals surface area contributed by atoms with Gasteiger partial charge in [-0.1, -0.05) is 0 Å². The molecular weight excluding hydrogens is 176 g/mol. The molecule has 4 heteroatoms. The van der Waals surface area contributed by atoms with E-state index < -0.39 is 0 Å². The van der Waals surface area contributed by atoms with Gasteiger partial charge >= 0.3 is 0 Å². The summed E-state index contributed by atoms with van der Waals surface area (Å²) in [6, 6.07) is 5.51. The average Bonchev–Trinajstić information content (AvgIpc) is 2.65. The molecule has 0 aliphatic rings. The first-order valence-corrected chi connectivity index (χ1v) is 4.17. The zero-order valence-electron chi connectivity index (χ0n) is 7.68. The van der Waals surface area contributed by atoms with Crippen molar-refractivity contribution in [2.75, 3.05) is 0 Å². The lowest BCUT2D eigenvalue weighted by molar-refractivity contribution is 0.876. The fraction of sp³-hybridized carbons (Fsp3) is 0.100. The molecule has 0 N–H and O–H groups in total. The van der Waals surface area contributed by atoms with E-state index in [-0.39, 0.29) is 0 Å². The second-order valence-electron chi connectivity index (χ2n) is 2.97. The van der Waals surface area contributed by atoms with E-state index in [1.165, 1.54) is 0 Å². The second kappa shape index (κ2) is 3.30. The fourth-order valence-electron chi connectivity index (χ4n) is 1.18. The smallest absolute Gasteiger partial charge is 0.142 e. The van der Waals surface area contributed by atoms with E-state index in [1.807, 2.05) is 25.3 Å². The number of aryl methyl sites for hydroxylation is 1. The molecule has 2 aromatic rings. The van der Waals surface area contributed by atoms with Crippen LogP contribution in [0.3, 0.4) is 0 Å². The molecule has 68 valence electrons. The summed E-state index contributed by atoms with van der Waals surface area (Å²) in [5, 5.41) is 12.8. The van der Waals surface area contributed by atoms with Crippen LogP contribution in [0.2, 0.25) is 0 Å². The van der Waals surface area contributed by atoms with Crippen molar-refractivity contribution in [2.24, 2.45) is 0 Å². The van der Waals surface area contributed by atoms with E-state index >= 15 is 0 Å². The predicted octanol–water partition coefficient (Wildman–Crippen LogP) is 1.45. The van der Waals surface area contributed by atoms with Crippen molar-refractivity contribution in [1.82, 2.24) is 14.8 Å². The van der Waals surface area contributed by atoms with Gasteiger partial charge in [-0.25, -0.2) is 9.67 Å². The third-order valence-electron chi connectivity index (χ3n) is 1.83. The maximum absolute atomic E-state index is 8.67. The topological polar surface area (TPSA) is 54.5 Å². The van der Waals surface area contributed by atoms with Gasteiger partial charge in [-0.2, -0.15) is 10.4 Å². The standard InChI is InChI=1S/C10H8N4/c1-8-6-13-14(7-8)10-2-3-12-9(4-10)5-11/h2-4,6-7H,1H3. The summed E-state index contributed by atoms with van der Waals surface area (Å²) in [5.74, 6) is 0. The molecular formula is C10H8N4. The fourth-order valence-corrected chi connectivity index (χ4v) is 1.18. The Balaban J connectivity index is 2.47. The Labute approximate surface area is 81.4 Å². The number of pyridine rings is 1. The van der Waals surface area contributed by atoms with E-state index in [4.69, 9.17) is 5.26 Å². The van der Waals surface area contributed by atoms with Crippen LogP contribution in [0.4, 0.5) is 0 Å². The van der Waals surface area contributed by atoms with Gasteiger partial charge in [0.2, 0.25) is 0 Å². The highest BCUT2D eigenvalue weighted by Gasteiger charge is 1.99. The summed E-state index contributed by atoms with van der Waals surface area (Å²) in [5.41, 5.74) is 2.33. The highest BCUT2D eigenvalue weighted by molar-refractivity contribution is 5.36. The first-order valence-electron chi connectivity index (χ1n) is 4.17. The number of rotatable bonds is 1. The molecule has 0 spiro atoms. The Bertz CT molecular complexity index is 493. The van der Waals surface area contributed by atoms with Crippen molar-refractivity contribution in [1.29, 1.82) is 5.26 Å². The van der Waals surface area contributed by atoms with Crippen LogP contribution >= 0.6 is 0 Å². The van der Waals surface area contributed by atoms with Crippen LogP contribution in [0.15, 0.2) is 30.7 Å². The normalized spacial score (nSPS) is 9.71. The van der Waals surface area contributed by atoms with Crippen molar-refractivity contribution in [2.45, 2.75) is 6.92 Å². The number of nitrogens with zero attached hydrogens (tertiary/aromatic N) is 4. The minimum Gasteiger partial charge on any atom is -0.245 e. The molecule has 4 nitrogen and oxygen atoms in total. The van der Waals surface area contributed by atoms with Gasteiger partial charge in [0.25, 0.3) is 0 Å². The van der Waals surface area contributed by atoms with Crippen LogP contribution in [-0.2, 0) is 0 Å². The lowest BCUT2D eigenvalue weighted by Gasteiger charge is -1.99. The van der Waals surface area contributed by atoms with Crippen LogP contribution in [0.1, 0.15) is 11.3 Å². The summed E-state index contributed by atoms with van der Waals surface area (Å²) in [7, 11) is 0. The molecule has 0 amide bonds. The molecule has 0 aromatic carbocycles. The largest absolute Gasteiger partial charge is 0.245 e. The van der Waals surface area contributed by atoms with E-state index in [0.717, 1.165) is 11.3 Å². The predicted molar refractivity (Wildman–Crippen MR) is 50.8 cm³/mol. The highest BCUT2D eigenvalue weighted by Crippen LogP contribution is 2.07. The van der Waals surface area contributed by atoms with Crippen LogP contribution in [0, 0.1) is 18.3 Å².